The van der Waals surface area contributed by atoms with Gasteiger partial charge in [0.15, 0.2) is 5.82 Å². The zero-order chi connectivity index (χ0) is 15.4. The molecule has 0 saturated heterocycles. The lowest BCUT2D eigenvalue weighted by atomic mass is 10.2. The van der Waals surface area contributed by atoms with E-state index < -0.39 is 11.6 Å². The molecule has 112 valence electrons. The Hall–Kier alpha value is -2.24. The topological polar surface area (TPSA) is 49.8 Å². The van der Waals surface area contributed by atoms with Crippen molar-refractivity contribution in [2.24, 2.45) is 0 Å². The summed E-state index contributed by atoms with van der Waals surface area (Å²) in [4.78, 5) is 8.58. The Labute approximate surface area is 122 Å². The predicted octanol–water partition coefficient (Wildman–Crippen LogP) is 3.80. The van der Waals surface area contributed by atoms with Gasteiger partial charge < -0.3 is 10.6 Å². The van der Waals surface area contributed by atoms with E-state index in [9.17, 15) is 8.78 Å². The lowest BCUT2D eigenvalue weighted by molar-refractivity contribution is 0.584. The van der Waals surface area contributed by atoms with Crippen molar-refractivity contribution >= 4 is 17.3 Å². The summed E-state index contributed by atoms with van der Waals surface area (Å²) < 4.78 is 27.8. The molecule has 0 bridgehead atoms. The molecule has 0 aliphatic heterocycles. The van der Waals surface area contributed by atoms with E-state index in [0.29, 0.717) is 29.4 Å². The predicted molar refractivity (Wildman–Crippen MR) is 80.0 cm³/mol. The maximum Gasteiger partial charge on any atom is 0.152 e. The molecule has 0 aliphatic rings. The Balaban J connectivity index is 2.39. The van der Waals surface area contributed by atoms with Gasteiger partial charge in [-0.2, -0.15) is 0 Å². The minimum Gasteiger partial charge on any atom is -0.373 e. The first-order chi connectivity index (χ1) is 10.0. The first kappa shape index (κ1) is 15.2. The fraction of sp³-hybridized carbons (Fsp3) is 0.333. The highest BCUT2D eigenvalue weighted by Crippen LogP contribution is 2.25. The Morgan fingerprint density at radius 3 is 2.52 bits per heavy atom. The smallest absolute Gasteiger partial charge is 0.152 e. The summed E-state index contributed by atoms with van der Waals surface area (Å²) in [7, 11) is 1.73. The molecule has 6 heteroatoms. The van der Waals surface area contributed by atoms with Gasteiger partial charge in [-0.3, -0.25) is 0 Å². The van der Waals surface area contributed by atoms with Crippen molar-refractivity contribution < 1.29 is 8.78 Å². The second-order valence-electron chi connectivity index (χ2n) is 4.73. The highest BCUT2D eigenvalue weighted by molar-refractivity contribution is 5.61. The van der Waals surface area contributed by atoms with Crippen LogP contribution in [0.2, 0.25) is 0 Å². The van der Waals surface area contributed by atoms with Crippen LogP contribution in [0.5, 0.6) is 0 Å². The SMILES string of the molecule is CCCc1nc(NC)cc(Nc2c(F)ccc(C)c2F)n1. The van der Waals surface area contributed by atoms with Gasteiger partial charge in [-0.05, 0) is 25.0 Å². The first-order valence-corrected chi connectivity index (χ1v) is 6.82. The molecule has 0 radical (unpaired) electrons. The quantitative estimate of drug-likeness (QED) is 0.880. The van der Waals surface area contributed by atoms with Crippen LogP contribution in [0.25, 0.3) is 0 Å². The summed E-state index contributed by atoms with van der Waals surface area (Å²) in [6.07, 6.45) is 1.59. The molecule has 0 saturated carbocycles. The van der Waals surface area contributed by atoms with Crippen LogP contribution < -0.4 is 10.6 Å². The largest absolute Gasteiger partial charge is 0.373 e. The molecule has 1 heterocycles. The second-order valence-corrected chi connectivity index (χ2v) is 4.73. The zero-order valence-corrected chi connectivity index (χ0v) is 12.3. The maximum absolute atomic E-state index is 14.0. The monoisotopic (exact) mass is 292 g/mol. The van der Waals surface area contributed by atoms with E-state index >= 15 is 0 Å². The van der Waals surface area contributed by atoms with Crippen molar-refractivity contribution in [1.82, 2.24) is 9.97 Å². The Bertz CT molecular complexity index is 644. The third-order valence-electron chi connectivity index (χ3n) is 3.04. The number of halogens is 2. The van der Waals surface area contributed by atoms with Crippen LogP contribution in [0.15, 0.2) is 18.2 Å². The van der Waals surface area contributed by atoms with Crippen molar-refractivity contribution in [3.8, 4) is 0 Å². The summed E-state index contributed by atoms with van der Waals surface area (Å²) in [6, 6.07) is 4.24. The van der Waals surface area contributed by atoms with Crippen molar-refractivity contribution in [1.29, 1.82) is 0 Å². The van der Waals surface area contributed by atoms with Crippen LogP contribution in [-0.2, 0) is 6.42 Å². The molecule has 0 aliphatic carbocycles. The number of hydrogen-bond acceptors (Lipinski definition) is 4. The zero-order valence-electron chi connectivity index (χ0n) is 12.3. The molecule has 4 nitrogen and oxygen atoms in total. The second kappa shape index (κ2) is 6.47. The standard InChI is InChI=1S/C15H18F2N4/c1-4-5-11-19-12(18-3)8-13(20-11)21-15-10(16)7-6-9(2)14(15)17/h6-8H,4-5H2,1-3H3,(H2,18,19,20,21). The van der Waals surface area contributed by atoms with Crippen molar-refractivity contribution in [2.45, 2.75) is 26.7 Å². The summed E-state index contributed by atoms with van der Waals surface area (Å²) in [5.41, 5.74) is 0.175. The van der Waals surface area contributed by atoms with Gasteiger partial charge in [-0.1, -0.05) is 13.0 Å². The Morgan fingerprint density at radius 1 is 1.14 bits per heavy atom. The number of anilines is 3. The Kier molecular flexibility index (Phi) is 4.67. The van der Waals surface area contributed by atoms with Crippen LogP contribution in [0.3, 0.4) is 0 Å². The third-order valence-corrected chi connectivity index (χ3v) is 3.04. The van der Waals surface area contributed by atoms with Crippen LogP contribution in [0, 0.1) is 18.6 Å². The average Bonchev–Trinajstić information content (AvgIpc) is 2.48. The van der Waals surface area contributed by atoms with E-state index in [1.165, 1.54) is 12.1 Å². The van der Waals surface area contributed by atoms with Gasteiger partial charge in [-0.15, -0.1) is 0 Å². The molecule has 0 spiro atoms. The van der Waals surface area contributed by atoms with Gasteiger partial charge >= 0.3 is 0 Å². The molecular formula is C15H18F2N4. The molecule has 0 unspecified atom stereocenters. The van der Waals surface area contributed by atoms with Gasteiger partial charge in [-0.25, -0.2) is 18.7 Å². The third kappa shape index (κ3) is 3.45. The van der Waals surface area contributed by atoms with E-state index in [1.807, 2.05) is 6.92 Å². The minimum atomic E-state index is -0.653. The lowest BCUT2D eigenvalue weighted by Crippen LogP contribution is -2.06. The molecule has 2 rings (SSSR count). The molecule has 2 aromatic rings. The van der Waals surface area contributed by atoms with Crippen LogP contribution in [0.1, 0.15) is 24.7 Å². The maximum atomic E-state index is 14.0. The average molecular weight is 292 g/mol. The van der Waals surface area contributed by atoms with Crippen molar-refractivity contribution in [3.05, 3.63) is 41.2 Å². The minimum absolute atomic E-state index is 0.196. The molecule has 21 heavy (non-hydrogen) atoms. The normalized spacial score (nSPS) is 10.5. The molecular weight excluding hydrogens is 274 g/mol. The number of hydrogen-bond donors (Lipinski definition) is 2. The van der Waals surface area contributed by atoms with E-state index in [4.69, 9.17) is 0 Å². The Morgan fingerprint density at radius 2 is 1.86 bits per heavy atom. The van der Waals surface area contributed by atoms with Crippen LogP contribution in [-0.4, -0.2) is 17.0 Å². The number of benzene rings is 1. The first-order valence-electron chi connectivity index (χ1n) is 6.82. The summed E-state index contributed by atoms with van der Waals surface area (Å²) in [6.45, 7) is 3.60. The number of nitrogens with zero attached hydrogens (tertiary/aromatic N) is 2. The van der Waals surface area contributed by atoms with Gasteiger partial charge in [0.05, 0.1) is 0 Å². The van der Waals surface area contributed by atoms with E-state index in [-0.39, 0.29) is 5.69 Å². The molecule has 0 atom stereocenters. The number of aryl methyl sites for hydroxylation is 2. The van der Waals surface area contributed by atoms with E-state index in [2.05, 4.69) is 20.6 Å². The van der Waals surface area contributed by atoms with Crippen LogP contribution in [0.4, 0.5) is 26.1 Å². The van der Waals surface area contributed by atoms with Crippen molar-refractivity contribution in [2.75, 3.05) is 17.7 Å². The van der Waals surface area contributed by atoms with Crippen LogP contribution >= 0.6 is 0 Å². The number of aromatic nitrogens is 2. The van der Waals surface area contributed by atoms with Gasteiger partial charge in [0, 0.05) is 19.5 Å². The fourth-order valence-corrected chi connectivity index (χ4v) is 1.92. The van der Waals surface area contributed by atoms with Crippen molar-refractivity contribution in [3.63, 3.8) is 0 Å². The van der Waals surface area contributed by atoms with Gasteiger partial charge in [0.2, 0.25) is 0 Å². The number of nitrogens with one attached hydrogen (secondary N) is 2. The highest BCUT2D eigenvalue weighted by Gasteiger charge is 2.13. The van der Waals surface area contributed by atoms with E-state index in [0.717, 1.165) is 6.42 Å². The highest BCUT2D eigenvalue weighted by atomic mass is 19.1. The molecule has 1 aromatic carbocycles. The summed E-state index contributed by atoms with van der Waals surface area (Å²) in [5.74, 6) is 0.322. The summed E-state index contributed by atoms with van der Waals surface area (Å²) in [5, 5.41) is 5.63. The molecule has 1 aromatic heterocycles. The van der Waals surface area contributed by atoms with E-state index in [1.54, 1.807) is 20.0 Å². The summed E-state index contributed by atoms with van der Waals surface area (Å²) >= 11 is 0. The number of rotatable bonds is 5. The molecule has 2 N–H and O–H groups in total. The van der Waals surface area contributed by atoms with Gasteiger partial charge in [0.1, 0.15) is 29.0 Å². The lowest BCUT2D eigenvalue weighted by Gasteiger charge is -2.12. The van der Waals surface area contributed by atoms with Gasteiger partial charge in [0.25, 0.3) is 0 Å². The fourth-order valence-electron chi connectivity index (χ4n) is 1.92. The molecule has 0 fully saturated rings. The molecule has 0 amide bonds.